The minimum absolute atomic E-state index is 0.312. The molecule has 3 rings (SSSR count). The first-order valence-corrected chi connectivity index (χ1v) is 8.55. The SMILES string of the molecule is C[C@H](NC(=O)C1=C(O)c2cc(Cl)ccc2C2(CCOCC2)C1=O)C(=O)O. The van der Waals surface area contributed by atoms with E-state index < -0.39 is 40.4 Å². The first-order chi connectivity index (χ1) is 12.3. The van der Waals surface area contributed by atoms with Crippen LogP contribution in [-0.4, -0.2) is 47.1 Å². The van der Waals surface area contributed by atoms with Gasteiger partial charge in [0, 0.05) is 23.8 Å². The van der Waals surface area contributed by atoms with Crippen LogP contribution in [0.4, 0.5) is 0 Å². The largest absolute Gasteiger partial charge is 0.506 e. The van der Waals surface area contributed by atoms with Crippen molar-refractivity contribution in [2.75, 3.05) is 13.2 Å². The molecule has 0 bridgehead atoms. The molecule has 8 heteroatoms. The van der Waals surface area contributed by atoms with Crippen molar-refractivity contribution in [2.24, 2.45) is 0 Å². The number of halogens is 1. The monoisotopic (exact) mass is 379 g/mol. The Labute approximate surface area is 154 Å². The van der Waals surface area contributed by atoms with Crippen LogP contribution in [0, 0.1) is 0 Å². The summed E-state index contributed by atoms with van der Waals surface area (Å²) in [6.45, 7) is 1.96. The number of ketones is 1. The lowest BCUT2D eigenvalue weighted by Gasteiger charge is -2.40. The molecular formula is C18H18ClNO6. The second-order valence-corrected chi connectivity index (χ2v) is 6.91. The van der Waals surface area contributed by atoms with E-state index in [1.54, 1.807) is 12.1 Å². The van der Waals surface area contributed by atoms with Gasteiger partial charge in [0.2, 0.25) is 0 Å². The Morgan fingerprint density at radius 3 is 2.58 bits per heavy atom. The third-order valence-electron chi connectivity index (χ3n) is 4.94. The van der Waals surface area contributed by atoms with Gasteiger partial charge in [-0.25, -0.2) is 0 Å². The lowest BCUT2D eigenvalue weighted by molar-refractivity contribution is -0.141. The molecule has 1 saturated heterocycles. The van der Waals surface area contributed by atoms with Gasteiger partial charge in [0.15, 0.2) is 5.78 Å². The Kier molecular flexibility index (Phi) is 4.77. The third kappa shape index (κ3) is 2.87. The van der Waals surface area contributed by atoms with Crippen molar-refractivity contribution < 1.29 is 29.3 Å². The number of Topliss-reactive ketones (excluding diaryl/α,β-unsaturated/α-hetero) is 1. The molecule has 7 nitrogen and oxygen atoms in total. The van der Waals surface area contributed by atoms with Gasteiger partial charge in [-0.1, -0.05) is 17.7 Å². The van der Waals surface area contributed by atoms with Gasteiger partial charge >= 0.3 is 5.97 Å². The molecule has 1 aromatic carbocycles. The molecule has 26 heavy (non-hydrogen) atoms. The van der Waals surface area contributed by atoms with E-state index in [1.807, 2.05) is 0 Å². The van der Waals surface area contributed by atoms with Crippen LogP contribution < -0.4 is 5.32 Å². The summed E-state index contributed by atoms with van der Waals surface area (Å²) in [6.07, 6.45) is 0.720. The second kappa shape index (κ2) is 6.74. The number of fused-ring (bicyclic) bond motifs is 2. The highest BCUT2D eigenvalue weighted by Crippen LogP contribution is 2.46. The van der Waals surface area contributed by atoms with Crippen molar-refractivity contribution in [1.29, 1.82) is 0 Å². The number of hydrogen-bond donors (Lipinski definition) is 3. The van der Waals surface area contributed by atoms with E-state index >= 15 is 0 Å². The molecular weight excluding hydrogens is 362 g/mol. The molecule has 2 aliphatic rings. The molecule has 0 aromatic heterocycles. The van der Waals surface area contributed by atoms with Crippen molar-refractivity contribution in [1.82, 2.24) is 5.32 Å². The zero-order valence-electron chi connectivity index (χ0n) is 14.0. The summed E-state index contributed by atoms with van der Waals surface area (Å²) in [5.41, 5.74) is -0.513. The molecule has 1 atom stereocenters. The second-order valence-electron chi connectivity index (χ2n) is 6.47. The fourth-order valence-corrected chi connectivity index (χ4v) is 3.66. The minimum Gasteiger partial charge on any atom is -0.506 e. The zero-order chi connectivity index (χ0) is 19.1. The predicted molar refractivity (Wildman–Crippen MR) is 93.0 cm³/mol. The number of rotatable bonds is 3. The smallest absolute Gasteiger partial charge is 0.325 e. The van der Waals surface area contributed by atoms with Crippen LogP contribution in [0.25, 0.3) is 5.76 Å². The van der Waals surface area contributed by atoms with Gasteiger partial charge in [-0.05, 0) is 37.5 Å². The standard InChI is InChI=1S/C18H18ClNO6/c1-9(17(24)25)20-16(23)13-14(21)11-8-10(19)2-3-12(11)18(15(13)22)4-6-26-7-5-18/h2-3,8-9,21H,4-7H2,1H3,(H,20,23)(H,24,25)/t9-/m0/s1. The molecule has 1 aliphatic heterocycles. The Bertz CT molecular complexity index is 825. The Hall–Kier alpha value is -2.38. The van der Waals surface area contributed by atoms with Crippen molar-refractivity contribution in [2.45, 2.75) is 31.2 Å². The number of ether oxygens (including phenoxy) is 1. The molecule has 1 heterocycles. The number of aliphatic carboxylic acids is 1. The van der Waals surface area contributed by atoms with E-state index in [0.717, 1.165) is 0 Å². The number of carbonyl (C=O) groups is 3. The number of carboxylic acids is 1. The first-order valence-electron chi connectivity index (χ1n) is 8.18. The van der Waals surface area contributed by atoms with Crippen LogP contribution in [0.5, 0.6) is 0 Å². The van der Waals surface area contributed by atoms with Crippen LogP contribution in [0.15, 0.2) is 23.8 Å². The number of carbonyl (C=O) groups excluding carboxylic acids is 2. The average Bonchev–Trinajstić information content (AvgIpc) is 2.61. The Morgan fingerprint density at radius 2 is 1.96 bits per heavy atom. The number of benzene rings is 1. The molecule has 1 amide bonds. The van der Waals surface area contributed by atoms with E-state index in [4.69, 9.17) is 21.4 Å². The summed E-state index contributed by atoms with van der Waals surface area (Å²) in [4.78, 5) is 36.8. The molecule has 0 saturated carbocycles. The fraction of sp³-hybridized carbons (Fsp3) is 0.389. The Balaban J connectivity index is 2.14. The van der Waals surface area contributed by atoms with Gasteiger partial charge in [0.25, 0.3) is 5.91 Å². The summed E-state index contributed by atoms with van der Waals surface area (Å²) >= 11 is 6.04. The van der Waals surface area contributed by atoms with Crippen molar-refractivity contribution in [3.05, 3.63) is 39.9 Å². The topological polar surface area (TPSA) is 113 Å². The summed E-state index contributed by atoms with van der Waals surface area (Å²) in [6, 6.07) is 3.62. The lowest BCUT2D eigenvalue weighted by atomic mass is 9.64. The fourth-order valence-electron chi connectivity index (χ4n) is 3.49. The summed E-state index contributed by atoms with van der Waals surface area (Å²) < 4.78 is 5.37. The predicted octanol–water partition coefficient (Wildman–Crippen LogP) is 1.83. The van der Waals surface area contributed by atoms with Crippen LogP contribution in [-0.2, 0) is 24.5 Å². The van der Waals surface area contributed by atoms with E-state index in [2.05, 4.69) is 5.32 Å². The quantitative estimate of drug-likeness (QED) is 0.690. The maximum Gasteiger partial charge on any atom is 0.325 e. The highest BCUT2D eigenvalue weighted by Gasteiger charge is 2.50. The number of aliphatic hydroxyl groups is 1. The van der Waals surface area contributed by atoms with E-state index in [9.17, 15) is 19.5 Å². The van der Waals surface area contributed by atoms with Gasteiger partial charge in [-0.3, -0.25) is 14.4 Å². The van der Waals surface area contributed by atoms with Gasteiger partial charge in [0.1, 0.15) is 17.4 Å². The number of aliphatic hydroxyl groups excluding tert-OH is 1. The zero-order valence-corrected chi connectivity index (χ0v) is 14.8. The maximum absolute atomic E-state index is 13.2. The minimum atomic E-state index is -1.24. The molecule has 0 unspecified atom stereocenters. The first kappa shape index (κ1) is 18.4. The number of nitrogens with one attached hydrogen (secondary N) is 1. The van der Waals surface area contributed by atoms with Crippen LogP contribution in [0.3, 0.4) is 0 Å². The summed E-state index contributed by atoms with van der Waals surface area (Å²) in [7, 11) is 0. The summed E-state index contributed by atoms with van der Waals surface area (Å²) in [5.74, 6) is -3.17. The van der Waals surface area contributed by atoms with Crippen LogP contribution in [0.1, 0.15) is 30.9 Å². The van der Waals surface area contributed by atoms with Crippen molar-refractivity contribution in [3.8, 4) is 0 Å². The summed E-state index contributed by atoms with van der Waals surface area (Å²) in [5, 5.41) is 22.2. The van der Waals surface area contributed by atoms with Crippen LogP contribution >= 0.6 is 11.6 Å². The molecule has 0 radical (unpaired) electrons. The Morgan fingerprint density at radius 1 is 1.31 bits per heavy atom. The molecule has 138 valence electrons. The third-order valence-corrected chi connectivity index (χ3v) is 5.18. The number of amides is 1. The normalized spacial score (nSPS) is 19.8. The number of hydrogen-bond acceptors (Lipinski definition) is 5. The van der Waals surface area contributed by atoms with E-state index in [1.165, 1.54) is 13.0 Å². The van der Waals surface area contributed by atoms with E-state index in [-0.39, 0.29) is 0 Å². The average molecular weight is 380 g/mol. The van der Waals surface area contributed by atoms with Gasteiger partial charge in [-0.2, -0.15) is 0 Å². The van der Waals surface area contributed by atoms with Gasteiger partial charge in [-0.15, -0.1) is 0 Å². The maximum atomic E-state index is 13.2. The van der Waals surface area contributed by atoms with E-state index in [0.29, 0.717) is 42.2 Å². The lowest BCUT2D eigenvalue weighted by Crippen LogP contribution is -2.49. The molecule has 1 aliphatic carbocycles. The van der Waals surface area contributed by atoms with Crippen LogP contribution in [0.2, 0.25) is 5.02 Å². The highest BCUT2D eigenvalue weighted by atomic mass is 35.5. The highest BCUT2D eigenvalue weighted by molar-refractivity contribution is 6.32. The molecule has 1 spiro atoms. The molecule has 1 aromatic rings. The molecule has 3 N–H and O–H groups in total. The molecule has 1 fully saturated rings. The van der Waals surface area contributed by atoms with Crippen molar-refractivity contribution >= 4 is 35.0 Å². The van der Waals surface area contributed by atoms with Crippen molar-refractivity contribution in [3.63, 3.8) is 0 Å². The van der Waals surface area contributed by atoms with Gasteiger partial charge in [0.05, 0.1) is 5.41 Å². The number of carboxylic acid groups (broad SMARTS) is 1. The van der Waals surface area contributed by atoms with Gasteiger partial charge < -0.3 is 20.3 Å².